The lowest BCUT2D eigenvalue weighted by Gasteiger charge is -2.30. The number of methoxy groups -OCH3 is 1. The van der Waals surface area contributed by atoms with E-state index < -0.39 is 6.16 Å². The second kappa shape index (κ2) is 8.86. The highest BCUT2D eigenvalue weighted by Crippen LogP contribution is 2.39. The summed E-state index contributed by atoms with van der Waals surface area (Å²) in [4.78, 5) is 11.8. The molecule has 5 heteroatoms. The minimum absolute atomic E-state index is 0.196. The summed E-state index contributed by atoms with van der Waals surface area (Å²) in [5.74, 6) is 1.11. The van der Waals surface area contributed by atoms with Gasteiger partial charge in [0.05, 0.1) is 18.7 Å². The number of carbonyl (C=O) groups is 1. The van der Waals surface area contributed by atoms with Crippen LogP contribution in [0.3, 0.4) is 0 Å². The fraction of sp³-hybridized carbons (Fsp3) is 0.292. The first kappa shape index (κ1) is 20.5. The summed E-state index contributed by atoms with van der Waals surface area (Å²) in [6, 6.07) is 16.2. The van der Waals surface area contributed by atoms with Gasteiger partial charge in [-0.25, -0.2) is 4.79 Å². The maximum Gasteiger partial charge on any atom is 0.513 e. The molecule has 0 bridgehead atoms. The molecule has 1 unspecified atom stereocenters. The van der Waals surface area contributed by atoms with Gasteiger partial charge in [0.25, 0.3) is 0 Å². The highest BCUT2D eigenvalue weighted by molar-refractivity contribution is 5.62. The summed E-state index contributed by atoms with van der Waals surface area (Å²) in [7, 11) is 1.30. The molecule has 0 saturated heterocycles. The van der Waals surface area contributed by atoms with E-state index in [-0.39, 0.29) is 5.92 Å². The Balaban J connectivity index is 1.86. The van der Waals surface area contributed by atoms with Crippen LogP contribution in [0.4, 0.5) is 4.79 Å². The summed E-state index contributed by atoms with van der Waals surface area (Å²) in [6.07, 6.45) is -0.731. The molecule has 1 atom stereocenters. The molecule has 0 amide bonds. The van der Waals surface area contributed by atoms with Crippen LogP contribution in [0.5, 0.6) is 5.75 Å². The number of hydrogen-bond donors (Lipinski definition) is 1. The summed E-state index contributed by atoms with van der Waals surface area (Å²) in [5, 5.41) is 3.27. The zero-order chi connectivity index (χ0) is 21.0. The van der Waals surface area contributed by atoms with Crippen LogP contribution in [0, 0.1) is 6.92 Å². The molecule has 152 valence electrons. The number of nitrogens with one attached hydrogen (secondary N) is 1. The van der Waals surface area contributed by atoms with Crippen molar-refractivity contribution in [1.82, 2.24) is 5.32 Å². The molecule has 2 aromatic rings. The Morgan fingerprint density at radius 2 is 1.72 bits per heavy atom. The van der Waals surface area contributed by atoms with Gasteiger partial charge in [-0.15, -0.1) is 0 Å². The van der Waals surface area contributed by atoms with Crippen molar-refractivity contribution in [2.45, 2.75) is 40.2 Å². The van der Waals surface area contributed by atoms with Crippen LogP contribution in [-0.4, -0.2) is 13.3 Å². The van der Waals surface area contributed by atoms with Gasteiger partial charge in [0, 0.05) is 5.70 Å². The first-order valence-corrected chi connectivity index (χ1v) is 9.58. The molecular weight excluding hydrogens is 366 g/mol. The monoisotopic (exact) mass is 393 g/mol. The number of ether oxygens (including phenoxy) is 3. The van der Waals surface area contributed by atoms with Gasteiger partial charge < -0.3 is 19.5 Å². The van der Waals surface area contributed by atoms with E-state index in [2.05, 4.69) is 36.5 Å². The third kappa shape index (κ3) is 4.80. The number of benzene rings is 2. The Kier molecular flexibility index (Phi) is 6.27. The number of allylic oxidation sites excluding steroid dienone is 3. The van der Waals surface area contributed by atoms with Gasteiger partial charge in [-0.05, 0) is 56.5 Å². The molecule has 0 aliphatic carbocycles. The minimum Gasteiger partial charge on any atom is -0.489 e. The van der Waals surface area contributed by atoms with Gasteiger partial charge in [-0.1, -0.05) is 42.0 Å². The highest BCUT2D eigenvalue weighted by atomic mass is 16.7. The second-order valence-corrected chi connectivity index (χ2v) is 7.26. The van der Waals surface area contributed by atoms with Gasteiger partial charge in [-0.2, -0.15) is 0 Å². The van der Waals surface area contributed by atoms with Crippen molar-refractivity contribution < 1.29 is 19.0 Å². The third-order valence-electron chi connectivity index (χ3n) is 5.11. The summed E-state index contributed by atoms with van der Waals surface area (Å²) < 4.78 is 16.2. The van der Waals surface area contributed by atoms with E-state index >= 15 is 0 Å². The van der Waals surface area contributed by atoms with Crippen LogP contribution in [-0.2, 0) is 16.1 Å². The van der Waals surface area contributed by atoms with Crippen LogP contribution in [0.1, 0.15) is 43.4 Å². The van der Waals surface area contributed by atoms with Gasteiger partial charge in [-0.3, -0.25) is 0 Å². The molecule has 29 heavy (non-hydrogen) atoms. The van der Waals surface area contributed by atoms with Gasteiger partial charge in [0.15, 0.2) is 0 Å². The van der Waals surface area contributed by atoms with Crippen molar-refractivity contribution in [3.05, 3.63) is 87.9 Å². The topological polar surface area (TPSA) is 56.8 Å². The SMILES string of the molecule is COC(=O)OC1=C(C)NC(C)=C(C)C1c1cccc(OCc2ccc(C)cc2)c1. The molecule has 0 spiro atoms. The summed E-state index contributed by atoms with van der Waals surface area (Å²) in [6.45, 7) is 8.48. The number of dihydropyridines is 1. The number of aryl methyl sites for hydroxylation is 1. The lowest BCUT2D eigenvalue weighted by Crippen LogP contribution is -2.26. The largest absolute Gasteiger partial charge is 0.513 e. The van der Waals surface area contributed by atoms with Crippen molar-refractivity contribution in [1.29, 1.82) is 0 Å². The molecule has 0 saturated carbocycles. The first-order chi connectivity index (χ1) is 13.9. The third-order valence-corrected chi connectivity index (χ3v) is 5.11. The molecule has 1 aliphatic rings. The zero-order valence-corrected chi connectivity index (χ0v) is 17.5. The molecule has 1 N–H and O–H groups in total. The Morgan fingerprint density at radius 3 is 2.41 bits per heavy atom. The molecule has 1 heterocycles. The number of hydrogen-bond acceptors (Lipinski definition) is 5. The molecule has 2 aromatic carbocycles. The van der Waals surface area contributed by atoms with Gasteiger partial charge in [0.1, 0.15) is 18.1 Å². The Labute approximate surface area is 172 Å². The fourth-order valence-corrected chi connectivity index (χ4v) is 3.37. The minimum atomic E-state index is -0.731. The van der Waals surface area contributed by atoms with E-state index in [0.717, 1.165) is 33.8 Å². The molecule has 3 rings (SSSR count). The predicted molar refractivity (Wildman–Crippen MR) is 112 cm³/mol. The summed E-state index contributed by atoms with van der Waals surface area (Å²) >= 11 is 0. The lowest BCUT2D eigenvalue weighted by molar-refractivity contribution is 0.0920. The van der Waals surface area contributed by atoms with Crippen LogP contribution in [0.2, 0.25) is 0 Å². The fourth-order valence-electron chi connectivity index (χ4n) is 3.37. The molecule has 1 aliphatic heterocycles. The Morgan fingerprint density at radius 1 is 1.00 bits per heavy atom. The second-order valence-electron chi connectivity index (χ2n) is 7.26. The van der Waals surface area contributed by atoms with Crippen LogP contribution >= 0.6 is 0 Å². The Hall–Kier alpha value is -3.21. The van der Waals surface area contributed by atoms with Crippen LogP contribution in [0.25, 0.3) is 0 Å². The quantitative estimate of drug-likeness (QED) is 0.673. The van der Waals surface area contributed by atoms with Gasteiger partial charge >= 0.3 is 6.16 Å². The predicted octanol–water partition coefficient (Wildman–Crippen LogP) is 5.57. The van der Waals surface area contributed by atoms with Crippen LogP contribution in [0.15, 0.2) is 71.3 Å². The van der Waals surface area contributed by atoms with E-state index in [1.165, 1.54) is 12.7 Å². The molecule has 0 aromatic heterocycles. The molecule has 0 fully saturated rings. The highest BCUT2D eigenvalue weighted by Gasteiger charge is 2.30. The van der Waals surface area contributed by atoms with Crippen molar-refractivity contribution in [3.63, 3.8) is 0 Å². The Bertz CT molecular complexity index is 957. The van der Waals surface area contributed by atoms with E-state index in [0.29, 0.717) is 12.4 Å². The van der Waals surface area contributed by atoms with E-state index in [1.54, 1.807) is 0 Å². The maximum atomic E-state index is 11.8. The molecule has 0 radical (unpaired) electrons. The zero-order valence-electron chi connectivity index (χ0n) is 17.5. The maximum absolute atomic E-state index is 11.8. The molecule has 5 nitrogen and oxygen atoms in total. The van der Waals surface area contributed by atoms with Crippen molar-refractivity contribution in [2.24, 2.45) is 0 Å². The van der Waals surface area contributed by atoms with Crippen molar-refractivity contribution >= 4 is 6.16 Å². The summed E-state index contributed by atoms with van der Waals surface area (Å²) in [5.41, 5.74) is 6.22. The normalized spacial score (nSPS) is 16.4. The smallest absolute Gasteiger partial charge is 0.489 e. The average Bonchev–Trinajstić information content (AvgIpc) is 2.72. The number of rotatable bonds is 5. The van der Waals surface area contributed by atoms with Gasteiger partial charge in [0.2, 0.25) is 0 Å². The van der Waals surface area contributed by atoms with E-state index in [9.17, 15) is 4.79 Å². The lowest BCUT2D eigenvalue weighted by atomic mass is 9.86. The van der Waals surface area contributed by atoms with E-state index in [4.69, 9.17) is 14.2 Å². The average molecular weight is 393 g/mol. The van der Waals surface area contributed by atoms with Crippen molar-refractivity contribution in [3.8, 4) is 5.75 Å². The van der Waals surface area contributed by atoms with E-state index in [1.807, 2.05) is 45.0 Å². The van der Waals surface area contributed by atoms with Crippen LogP contribution < -0.4 is 10.1 Å². The number of carbonyl (C=O) groups excluding carboxylic acids is 1. The standard InChI is InChI=1S/C24H27NO4/c1-15-9-11-19(12-10-15)14-28-21-8-6-7-20(13-21)22-16(2)17(3)25-18(4)23(22)29-24(26)27-5/h6-13,22,25H,14H2,1-5H3. The molecular formula is C24H27NO4. The van der Waals surface area contributed by atoms with Crippen molar-refractivity contribution in [2.75, 3.05) is 7.11 Å². The first-order valence-electron chi connectivity index (χ1n) is 9.58.